The van der Waals surface area contributed by atoms with E-state index >= 15 is 0 Å². The van der Waals surface area contributed by atoms with Crippen molar-refractivity contribution in [1.29, 1.82) is 0 Å². The van der Waals surface area contributed by atoms with Crippen LogP contribution >= 0.6 is 0 Å². The van der Waals surface area contributed by atoms with E-state index in [1.165, 1.54) is 5.56 Å². The van der Waals surface area contributed by atoms with Gasteiger partial charge >= 0.3 is 0 Å². The highest BCUT2D eigenvalue weighted by molar-refractivity contribution is 5.91. The lowest BCUT2D eigenvalue weighted by Crippen LogP contribution is -2.29. The fraction of sp³-hybridized carbons (Fsp3) is 0.421. The molecule has 0 radical (unpaired) electrons. The first-order valence-electron chi connectivity index (χ1n) is 8.12. The predicted molar refractivity (Wildman–Crippen MR) is 90.8 cm³/mol. The highest BCUT2D eigenvalue weighted by atomic mass is 16.5. The average Bonchev–Trinajstić information content (AvgIpc) is 3.01. The molecule has 1 heterocycles. The lowest BCUT2D eigenvalue weighted by atomic mass is 9.99. The summed E-state index contributed by atoms with van der Waals surface area (Å²) < 4.78 is 11.2. The molecule has 1 unspecified atom stereocenters. The first-order chi connectivity index (χ1) is 11.0. The summed E-state index contributed by atoms with van der Waals surface area (Å²) >= 11 is 0. The number of amides is 1. The molecule has 0 aliphatic heterocycles. The van der Waals surface area contributed by atoms with Crippen LogP contribution in [0.1, 0.15) is 61.9 Å². The highest BCUT2D eigenvalue weighted by Gasteiger charge is 2.12. The Labute approximate surface area is 137 Å². The number of carbonyl (C=O) groups excluding carboxylic acids is 1. The molecule has 1 amide bonds. The summed E-state index contributed by atoms with van der Waals surface area (Å²) in [5.41, 5.74) is 1.31. The Balaban J connectivity index is 1.91. The fourth-order valence-electron chi connectivity index (χ4n) is 2.19. The van der Waals surface area contributed by atoms with Crippen molar-refractivity contribution in [3.63, 3.8) is 0 Å². The van der Waals surface area contributed by atoms with E-state index in [2.05, 4.69) is 31.3 Å². The lowest BCUT2D eigenvalue weighted by Gasteiger charge is -2.10. The molecular weight excluding hydrogens is 290 g/mol. The minimum atomic E-state index is -0.204. The Bertz CT molecular complexity index is 628. The quantitative estimate of drug-likeness (QED) is 0.818. The summed E-state index contributed by atoms with van der Waals surface area (Å²) in [6.45, 7) is 8.51. The summed E-state index contributed by atoms with van der Waals surface area (Å²) in [7, 11) is 0. The second kappa shape index (κ2) is 7.86. The molecule has 0 spiro atoms. The molecule has 4 nitrogen and oxygen atoms in total. The smallest absolute Gasteiger partial charge is 0.287 e. The third-order valence-corrected chi connectivity index (χ3v) is 3.75. The number of carbonyl (C=O) groups is 1. The van der Waals surface area contributed by atoms with Crippen LogP contribution in [0, 0.1) is 0 Å². The van der Waals surface area contributed by atoms with Crippen molar-refractivity contribution >= 4 is 5.91 Å². The van der Waals surface area contributed by atoms with E-state index in [0.717, 1.165) is 12.2 Å². The summed E-state index contributed by atoms with van der Waals surface area (Å²) in [6.07, 6.45) is 1.12. The van der Waals surface area contributed by atoms with Crippen molar-refractivity contribution in [1.82, 2.24) is 5.32 Å². The molecule has 1 aromatic carbocycles. The number of nitrogens with one attached hydrogen (secondary N) is 1. The van der Waals surface area contributed by atoms with Gasteiger partial charge in [-0.1, -0.05) is 26.0 Å². The van der Waals surface area contributed by atoms with Crippen molar-refractivity contribution in [2.24, 2.45) is 0 Å². The number of hydrogen-bond donors (Lipinski definition) is 1. The van der Waals surface area contributed by atoms with Crippen LogP contribution in [0.5, 0.6) is 5.75 Å². The van der Waals surface area contributed by atoms with Gasteiger partial charge in [0, 0.05) is 6.04 Å². The summed E-state index contributed by atoms with van der Waals surface area (Å²) in [6, 6.07) is 11.6. The van der Waals surface area contributed by atoms with E-state index in [-0.39, 0.29) is 11.9 Å². The van der Waals surface area contributed by atoms with Gasteiger partial charge in [-0.15, -0.1) is 0 Å². The molecule has 0 aliphatic carbocycles. The van der Waals surface area contributed by atoms with Crippen LogP contribution in [0.3, 0.4) is 0 Å². The summed E-state index contributed by atoms with van der Waals surface area (Å²) in [4.78, 5) is 11.8. The van der Waals surface area contributed by atoms with Crippen LogP contribution in [-0.4, -0.2) is 11.9 Å². The molecule has 0 saturated carbocycles. The van der Waals surface area contributed by atoms with E-state index in [0.29, 0.717) is 24.0 Å². The molecular formula is C19H25NO3. The van der Waals surface area contributed by atoms with E-state index in [1.807, 2.05) is 26.0 Å². The third-order valence-electron chi connectivity index (χ3n) is 3.75. The molecule has 1 aromatic heterocycles. The molecule has 4 heteroatoms. The predicted octanol–water partition coefficient (Wildman–Crippen LogP) is 4.51. The van der Waals surface area contributed by atoms with Gasteiger partial charge in [0.05, 0.1) is 0 Å². The second-order valence-electron chi connectivity index (χ2n) is 6.06. The van der Waals surface area contributed by atoms with Crippen LogP contribution in [0.2, 0.25) is 0 Å². The average molecular weight is 315 g/mol. The molecule has 0 aliphatic rings. The van der Waals surface area contributed by atoms with Gasteiger partial charge in [0.25, 0.3) is 5.91 Å². The third kappa shape index (κ3) is 4.88. The Hall–Kier alpha value is -2.23. The largest absolute Gasteiger partial charge is 0.486 e. The maximum Gasteiger partial charge on any atom is 0.287 e. The Morgan fingerprint density at radius 1 is 1.13 bits per heavy atom. The number of ether oxygens (including phenoxy) is 1. The van der Waals surface area contributed by atoms with Crippen LogP contribution in [0.25, 0.3) is 0 Å². The van der Waals surface area contributed by atoms with Gasteiger partial charge < -0.3 is 14.5 Å². The van der Waals surface area contributed by atoms with Gasteiger partial charge in [-0.2, -0.15) is 0 Å². The fourth-order valence-corrected chi connectivity index (χ4v) is 2.19. The summed E-state index contributed by atoms with van der Waals surface area (Å²) in [5.74, 6) is 2.08. The number of rotatable bonds is 7. The number of furan rings is 1. The van der Waals surface area contributed by atoms with Crippen LogP contribution in [0.15, 0.2) is 40.8 Å². The van der Waals surface area contributed by atoms with Gasteiger partial charge in [0.1, 0.15) is 18.1 Å². The maximum atomic E-state index is 11.8. The monoisotopic (exact) mass is 315 g/mol. The van der Waals surface area contributed by atoms with Crippen molar-refractivity contribution in [2.45, 2.75) is 52.7 Å². The van der Waals surface area contributed by atoms with Gasteiger partial charge in [-0.3, -0.25) is 4.79 Å². The molecule has 23 heavy (non-hydrogen) atoms. The summed E-state index contributed by atoms with van der Waals surface area (Å²) in [5, 5.41) is 2.79. The highest BCUT2D eigenvalue weighted by Crippen LogP contribution is 2.22. The Morgan fingerprint density at radius 2 is 1.83 bits per heavy atom. The van der Waals surface area contributed by atoms with Crippen molar-refractivity contribution in [3.8, 4) is 5.75 Å². The van der Waals surface area contributed by atoms with Crippen LogP contribution in [-0.2, 0) is 6.61 Å². The molecule has 1 N–H and O–H groups in total. The van der Waals surface area contributed by atoms with Gasteiger partial charge in [0.15, 0.2) is 5.76 Å². The second-order valence-corrected chi connectivity index (χ2v) is 6.06. The molecule has 0 bridgehead atoms. The first-order valence-corrected chi connectivity index (χ1v) is 8.12. The van der Waals surface area contributed by atoms with Gasteiger partial charge in [0.2, 0.25) is 0 Å². The SMILES string of the molecule is CCC(C)c1ccc(OCc2ccc(C(=O)NC(C)C)o2)cc1. The molecule has 1 atom stereocenters. The van der Waals surface area contributed by atoms with E-state index < -0.39 is 0 Å². The minimum Gasteiger partial charge on any atom is -0.486 e. The van der Waals surface area contributed by atoms with Gasteiger partial charge in [-0.25, -0.2) is 0 Å². The first kappa shape index (κ1) is 17.1. The van der Waals surface area contributed by atoms with Crippen molar-refractivity contribution < 1.29 is 13.9 Å². The normalized spacial score (nSPS) is 12.2. The minimum absolute atomic E-state index is 0.0799. The van der Waals surface area contributed by atoms with E-state index in [9.17, 15) is 4.79 Å². The van der Waals surface area contributed by atoms with E-state index in [4.69, 9.17) is 9.15 Å². The Morgan fingerprint density at radius 3 is 2.43 bits per heavy atom. The standard InChI is InChI=1S/C19H25NO3/c1-5-14(4)15-6-8-16(9-7-15)22-12-17-10-11-18(23-17)19(21)20-13(2)3/h6-11,13-14H,5,12H2,1-4H3,(H,20,21). The zero-order valence-corrected chi connectivity index (χ0v) is 14.3. The molecule has 0 fully saturated rings. The van der Waals surface area contributed by atoms with Crippen LogP contribution < -0.4 is 10.1 Å². The Kier molecular flexibility index (Phi) is 5.85. The topological polar surface area (TPSA) is 51.5 Å². The number of benzene rings is 1. The molecule has 2 rings (SSSR count). The molecule has 2 aromatic rings. The molecule has 124 valence electrons. The lowest BCUT2D eigenvalue weighted by molar-refractivity contribution is 0.0911. The zero-order chi connectivity index (χ0) is 16.8. The van der Waals surface area contributed by atoms with Crippen LogP contribution in [0.4, 0.5) is 0 Å². The number of hydrogen-bond acceptors (Lipinski definition) is 3. The van der Waals surface area contributed by atoms with Crippen molar-refractivity contribution in [3.05, 3.63) is 53.5 Å². The van der Waals surface area contributed by atoms with Crippen molar-refractivity contribution in [2.75, 3.05) is 0 Å². The van der Waals surface area contributed by atoms with E-state index in [1.54, 1.807) is 12.1 Å². The molecule has 0 saturated heterocycles. The maximum absolute atomic E-state index is 11.8. The van der Waals surface area contributed by atoms with Gasteiger partial charge in [-0.05, 0) is 56.0 Å². The zero-order valence-electron chi connectivity index (χ0n) is 14.3.